The summed E-state index contributed by atoms with van der Waals surface area (Å²) in [5.74, 6) is 0. The van der Waals surface area contributed by atoms with Crippen LogP contribution in [0.4, 0.5) is 24.5 Å². The minimum absolute atomic E-state index is 0.0497. The maximum atomic E-state index is 12.8. The Hall–Kier alpha value is -3.27. The summed E-state index contributed by atoms with van der Waals surface area (Å²) in [4.78, 5) is 12.5. The standard InChI is InChI=1S/C17H12F3N5OS/c18-17(19,20)11-7-4-8-12(9-11)22-23-14-13(10-5-2-1-3-6-10)24-25(15(14)26)16(21)27/h1-9,24H,(H2,21,27). The molecule has 0 unspecified atom stereocenters. The fourth-order valence-corrected chi connectivity index (χ4v) is 2.46. The van der Waals surface area contributed by atoms with Gasteiger partial charge < -0.3 is 5.73 Å². The van der Waals surface area contributed by atoms with Gasteiger partial charge >= 0.3 is 11.7 Å². The Kier molecular flexibility index (Phi) is 4.91. The summed E-state index contributed by atoms with van der Waals surface area (Å²) in [6.07, 6.45) is -4.51. The SMILES string of the molecule is NC(=S)n1[nH]c(-c2ccccc2)c(N=Nc2cccc(C(F)(F)F)c2)c1=O. The maximum Gasteiger partial charge on any atom is 0.416 e. The highest BCUT2D eigenvalue weighted by molar-refractivity contribution is 7.80. The Morgan fingerprint density at radius 2 is 1.78 bits per heavy atom. The second kappa shape index (κ2) is 7.16. The first-order valence-corrected chi connectivity index (χ1v) is 7.97. The van der Waals surface area contributed by atoms with Crippen molar-refractivity contribution in [2.75, 3.05) is 0 Å². The van der Waals surface area contributed by atoms with Gasteiger partial charge in [-0.2, -0.15) is 23.0 Å². The average Bonchev–Trinajstić information content (AvgIpc) is 2.97. The number of nitrogens with one attached hydrogen (secondary N) is 1. The zero-order valence-corrected chi connectivity index (χ0v) is 14.4. The largest absolute Gasteiger partial charge is 0.416 e. The zero-order chi connectivity index (χ0) is 19.6. The lowest BCUT2D eigenvalue weighted by molar-refractivity contribution is -0.137. The van der Waals surface area contributed by atoms with E-state index in [4.69, 9.17) is 18.0 Å². The van der Waals surface area contributed by atoms with Gasteiger partial charge in [0, 0.05) is 5.56 Å². The molecular weight excluding hydrogens is 379 g/mol. The van der Waals surface area contributed by atoms with Crippen molar-refractivity contribution in [1.29, 1.82) is 0 Å². The highest BCUT2D eigenvalue weighted by Gasteiger charge is 2.30. The van der Waals surface area contributed by atoms with Crippen molar-refractivity contribution in [3.05, 3.63) is 70.5 Å². The number of aromatic nitrogens is 2. The molecule has 27 heavy (non-hydrogen) atoms. The van der Waals surface area contributed by atoms with Crippen LogP contribution in [-0.4, -0.2) is 14.9 Å². The van der Waals surface area contributed by atoms with Crippen LogP contribution in [0.5, 0.6) is 0 Å². The molecule has 3 aromatic rings. The van der Waals surface area contributed by atoms with E-state index < -0.39 is 17.3 Å². The molecule has 2 aromatic carbocycles. The molecule has 3 rings (SSSR count). The Morgan fingerprint density at radius 3 is 2.41 bits per heavy atom. The van der Waals surface area contributed by atoms with Crippen LogP contribution in [0.3, 0.4) is 0 Å². The molecule has 3 N–H and O–H groups in total. The number of hydrogen-bond acceptors (Lipinski definition) is 4. The lowest BCUT2D eigenvalue weighted by Gasteiger charge is -2.05. The van der Waals surface area contributed by atoms with E-state index in [1.54, 1.807) is 30.3 Å². The second-order valence-corrected chi connectivity index (χ2v) is 5.85. The molecule has 0 aliphatic carbocycles. The van der Waals surface area contributed by atoms with Gasteiger partial charge in [-0.05, 0) is 30.4 Å². The van der Waals surface area contributed by atoms with E-state index in [1.165, 1.54) is 12.1 Å². The van der Waals surface area contributed by atoms with E-state index >= 15 is 0 Å². The van der Waals surface area contributed by atoms with Gasteiger partial charge in [-0.1, -0.05) is 36.4 Å². The molecule has 0 saturated carbocycles. The van der Waals surface area contributed by atoms with Crippen LogP contribution in [0.1, 0.15) is 5.56 Å². The number of nitrogens with zero attached hydrogens (tertiary/aromatic N) is 3. The first kappa shape index (κ1) is 18.5. The van der Waals surface area contributed by atoms with E-state index in [0.29, 0.717) is 11.3 Å². The number of alkyl halides is 3. The van der Waals surface area contributed by atoms with Crippen LogP contribution in [0.15, 0.2) is 69.6 Å². The first-order valence-electron chi connectivity index (χ1n) is 7.56. The molecule has 0 fully saturated rings. The number of halogens is 3. The molecule has 0 bridgehead atoms. The van der Waals surface area contributed by atoms with Gasteiger partial charge in [-0.3, -0.25) is 9.89 Å². The topological polar surface area (TPSA) is 88.5 Å². The van der Waals surface area contributed by atoms with Crippen molar-refractivity contribution in [3.8, 4) is 11.3 Å². The van der Waals surface area contributed by atoms with Gasteiger partial charge in [-0.25, -0.2) is 0 Å². The van der Waals surface area contributed by atoms with Gasteiger partial charge in [0.2, 0.25) is 0 Å². The van der Waals surface area contributed by atoms with E-state index in [9.17, 15) is 18.0 Å². The monoisotopic (exact) mass is 391 g/mol. The van der Waals surface area contributed by atoms with Crippen LogP contribution in [0, 0.1) is 0 Å². The molecule has 0 spiro atoms. The molecule has 0 saturated heterocycles. The maximum absolute atomic E-state index is 12.8. The van der Waals surface area contributed by atoms with E-state index in [-0.39, 0.29) is 16.5 Å². The van der Waals surface area contributed by atoms with Crippen molar-refractivity contribution in [2.24, 2.45) is 16.0 Å². The normalized spacial score (nSPS) is 11.8. The predicted molar refractivity (Wildman–Crippen MR) is 98.3 cm³/mol. The van der Waals surface area contributed by atoms with Gasteiger partial charge in [0.05, 0.1) is 16.9 Å². The van der Waals surface area contributed by atoms with Gasteiger partial charge in [0.15, 0.2) is 10.8 Å². The molecule has 1 heterocycles. The van der Waals surface area contributed by atoms with Crippen LogP contribution < -0.4 is 11.3 Å². The summed E-state index contributed by atoms with van der Waals surface area (Å²) in [7, 11) is 0. The Bertz CT molecular complexity index is 1070. The molecular formula is C17H12F3N5OS. The fourth-order valence-electron chi connectivity index (χ4n) is 2.33. The fraction of sp³-hybridized carbons (Fsp3) is 0.0588. The number of H-pyrrole nitrogens is 1. The van der Waals surface area contributed by atoms with Gasteiger partial charge in [-0.15, -0.1) is 5.11 Å². The number of nitrogens with two attached hydrogens (primary N) is 1. The van der Waals surface area contributed by atoms with Crippen LogP contribution in [0.2, 0.25) is 0 Å². The number of azo groups is 1. The number of thiocarbonyl (C=S) groups is 1. The minimum atomic E-state index is -4.51. The Labute approximate surface area is 156 Å². The molecule has 0 radical (unpaired) electrons. The molecule has 10 heteroatoms. The van der Waals surface area contributed by atoms with E-state index in [2.05, 4.69) is 15.3 Å². The third kappa shape index (κ3) is 3.95. The quantitative estimate of drug-likeness (QED) is 0.513. The molecule has 0 amide bonds. The van der Waals surface area contributed by atoms with Crippen LogP contribution in [-0.2, 0) is 6.18 Å². The van der Waals surface area contributed by atoms with Crippen molar-refractivity contribution < 1.29 is 13.2 Å². The number of aromatic amines is 1. The molecule has 0 aliphatic rings. The second-order valence-electron chi connectivity index (χ2n) is 5.43. The number of benzene rings is 2. The average molecular weight is 391 g/mol. The highest BCUT2D eigenvalue weighted by atomic mass is 32.1. The third-order valence-electron chi connectivity index (χ3n) is 3.59. The van der Waals surface area contributed by atoms with Crippen molar-refractivity contribution >= 4 is 28.7 Å². The predicted octanol–water partition coefficient (Wildman–Crippen LogP) is 4.37. The smallest absolute Gasteiger partial charge is 0.374 e. The number of hydrogen-bond donors (Lipinski definition) is 2. The van der Waals surface area contributed by atoms with Crippen LogP contribution >= 0.6 is 12.2 Å². The summed E-state index contributed by atoms with van der Waals surface area (Å²) in [5, 5.41) is 10.2. The van der Waals surface area contributed by atoms with E-state index in [0.717, 1.165) is 16.8 Å². The minimum Gasteiger partial charge on any atom is -0.374 e. The lowest BCUT2D eigenvalue weighted by Crippen LogP contribution is -2.29. The molecule has 138 valence electrons. The Morgan fingerprint density at radius 1 is 1.07 bits per heavy atom. The highest BCUT2D eigenvalue weighted by Crippen LogP contribution is 2.32. The zero-order valence-electron chi connectivity index (χ0n) is 13.6. The molecule has 0 atom stereocenters. The Balaban J connectivity index is 2.08. The van der Waals surface area contributed by atoms with Gasteiger partial charge in [0.1, 0.15) is 0 Å². The summed E-state index contributed by atoms with van der Waals surface area (Å²) in [6, 6.07) is 13.0. The third-order valence-corrected chi connectivity index (χ3v) is 3.77. The first-order chi connectivity index (χ1) is 12.8. The van der Waals surface area contributed by atoms with Crippen molar-refractivity contribution in [1.82, 2.24) is 9.78 Å². The van der Waals surface area contributed by atoms with Crippen molar-refractivity contribution in [3.63, 3.8) is 0 Å². The molecule has 0 aliphatic heterocycles. The van der Waals surface area contributed by atoms with Crippen LogP contribution in [0.25, 0.3) is 11.3 Å². The number of rotatable bonds is 3. The molecule has 1 aromatic heterocycles. The summed E-state index contributed by atoms with van der Waals surface area (Å²) in [5.41, 5.74) is 4.74. The summed E-state index contributed by atoms with van der Waals surface area (Å²) in [6.45, 7) is 0. The molecule has 6 nitrogen and oxygen atoms in total. The van der Waals surface area contributed by atoms with Crippen molar-refractivity contribution in [2.45, 2.75) is 6.18 Å². The summed E-state index contributed by atoms with van der Waals surface area (Å²) < 4.78 is 39.4. The lowest BCUT2D eigenvalue weighted by atomic mass is 10.1. The van der Waals surface area contributed by atoms with E-state index in [1.807, 2.05) is 0 Å². The summed E-state index contributed by atoms with van der Waals surface area (Å²) >= 11 is 4.82. The van der Waals surface area contributed by atoms with Gasteiger partial charge in [0.25, 0.3) is 0 Å².